The van der Waals surface area contributed by atoms with Gasteiger partial charge in [-0.15, -0.1) is 35.3 Å². The highest BCUT2D eigenvalue weighted by atomic mass is 32.3. The summed E-state index contributed by atoms with van der Waals surface area (Å²) >= 11 is 4.79. The molecule has 0 aliphatic carbocycles. The third-order valence-electron chi connectivity index (χ3n) is 2.12. The van der Waals surface area contributed by atoms with E-state index in [1.165, 1.54) is 0 Å². The molecule has 1 aromatic carbocycles. The molecule has 0 heterocycles. The van der Waals surface area contributed by atoms with Crippen molar-refractivity contribution in [3.05, 3.63) is 35.9 Å². The zero-order valence-electron chi connectivity index (χ0n) is 9.02. The molecule has 0 bridgehead atoms. The van der Waals surface area contributed by atoms with Crippen molar-refractivity contribution in [2.45, 2.75) is 3.41 Å². The fourth-order valence-electron chi connectivity index (χ4n) is 1.29. The average Bonchev–Trinajstić information content (AvgIpc) is 2.33. The number of Topliss-reactive ketones (excluding diaryl/α,β-unsaturated/α-hetero) is 1. The van der Waals surface area contributed by atoms with Gasteiger partial charge in [0, 0.05) is 5.56 Å². The van der Waals surface area contributed by atoms with E-state index in [0.717, 1.165) is 5.56 Å². The van der Waals surface area contributed by atoms with Gasteiger partial charge in [0.15, 0.2) is 9.19 Å². The second-order valence-electron chi connectivity index (χ2n) is 2.86. The van der Waals surface area contributed by atoms with Crippen LogP contribution in [0.4, 0.5) is 0 Å². The Morgan fingerprint density at radius 3 is 1.87 bits per heavy atom. The van der Waals surface area contributed by atoms with Gasteiger partial charge in [0.25, 0.3) is 0 Å². The molecule has 1 aromatic rings. The van der Waals surface area contributed by atoms with Gasteiger partial charge < -0.3 is 0 Å². The maximum absolute atomic E-state index is 12.3. The predicted molar refractivity (Wildman–Crippen MR) is 74.0 cm³/mol. The molecule has 0 unspecified atom stereocenters. The van der Waals surface area contributed by atoms with Crippen molar-refractivity contribution in [2.75, 3.05) is 18.8 Å². The SMILES string of the molecule is CSC(SC)(SC)[13C](=O)c1ccccc1. The van der Waals surface area contributed by atoms with E-state index in [1.54, 1.807) is 35.3 Å². The lowest BCUT2D eigenvalue weighted by Gasteiger charge is -2.26. The molecule has 0 N–H and O–H groups in total. The first-order valence-electron chi connectivity index (χ1n) is 4.45. The number of carbonyl (C=O) groups excluding carboxylic acids is 1. The molecule has 0 saturated heterocycles. The number of hydrogen-bond donors (Lipinski definition) is 0. The zero-order valence-corrected chi connectivity index (χ0v) is 11.5. The standard InChI is InChI=1S/C11H14OS3/c1-13-11(14-2,15-3)10(12)9-7-5-4-6-8-9/h4-8H,1-3H3/i10+1. The Hall–Kier alpha value is -0.0600. The van der Waals surface area contributed by atoms with Gasteiger partial charge in [0.05, 0.1) is 0 Å². The lowest BCUT2D eigenvalue weighted by Crippen LogP contribution is -2.27. The van der Waals surface area contributed by atoms with Crippen LogP contribution in [-0.2, 0) is 0 Å². The van der Waals surface area contributed by atoms with Crippen LogP contribution in [0, 0.1) is 0 Å². The van der Waals surface area contributed by atoms with E-state index >= 15 is 0 Å². The molecule has 0 aliphatic heterocycles. The molecule has 0 aliphatic rings. The molecule has 0 radical (unpaired) electrons. The van der Waals surface area contributed by atoms with Gasteiger partial charge in [0.1, 0.15) is 0 Å². The van der Waals surface area contributed by atoms with Gasteiger partial charge in [-0.05, 0) is 18.8 Å². The average molecular weight is 259 g/mol. The largest absolute Gasteiger partial charge is 0.291 e. The molecule has 0 atom stereocenters. The second-order valence-corrected chi connectivity index (χ2v) is 6.70. The number of carbonyl (C=O) groups is 1. The van der Waals surface area contributed by atoms with Crippen molar-refractivity contribution in [3.63, 3.8) is 0 Å². The molecule has 15 heavy (non-hydrogen) atoms. The quantitative estimate of drug-likeness (QED) is 0.456. The first kappa shape index (κ1) is 13.0. The first-order chi connectivity index (χ1) is 7.20. The molecule has 0 amide bonds. The van der Waals surface area contributed by atoms with Crippen LogP contribution in [0.15, 0.2) is 30.3 Å². The summed E-state index contributed by atoms with van der Waals surface area (Å²) in [5, 5.41) is 0. The lowest BCUT2D eigenvalue weighted by molar-refractivity contribution is 0.100. The van der Waals surface area contributed by atoms with Gasteiger partial charge in [-0.1, -0.05) is 30.3 Å². The summed E-state index contributed by atoms with van der Waals surface area (Å²) in [6, 6.07) is 9.48. The van der Waals surface area contributed by atoms with E-state index in [-0.39, 0.29) is 5.78 Å². The van der Waals surface area contributed by atoms with Gasteiger partial charge in [-0.2, -0.15) is 0 Å². The number of benzene rings is 1. The summed E-state index contributed by atoms with van der Waals surface area (Å²) in [5.41, 5.74) is 0.788. The fourth-order valence-corrected chi connectivity index (χ4v) is 4.20. The van der Waals surface area contributed by atoms with Crippen LogP contribution < -0.4 is 0 Å². The van der Waals surface area contributed by atoms with Crippen LogP contribution in [0.5, 0.6) is 0 Å². The number of rotatable bonds is 5. The molecule has 82 valence electrons. The molecule has 1 rings (SSSR count). The van der Waals surface area contributed by atoms with Crippen LogP contribution in [0.1, 0.15) is 10.4 Å². The van der Waals surface area contributed by atoms with E-state index in [4.69, 9.17) is 0 Å². The summed E-state index contributed by atoms with van der Waals surface area (Å²) in [6.45, 7) is 0. The van der Waals surface area contributed by atoms with E-state index in [2.05, 4.69) is 0 Å². The molecular weight excluding hydrogens is 245 g/mol. The van der Waals surface area contributed by atoms with E-state index in [9.17, 15) is 4.79 Å². The summed E-state index contributed by atoms with van der Waals surface area (Å²) in [4.78, 5) is 12.3. The van der Waals surface area contributed by atoms with E-state index in [1.807, 2.05) is 49.1 Å². The maximum Gasteiger partial charge on any atom is 0.199 e. The third kappa shape index (κ3) is 2.74. The Labute approximate surface area is 104 Å². The van der Waals surface area contributed by atoms with E-state index < -0.39 is 3.41 Å². The van der Waals surface area contributed by atoms with Crippen LogP contribution in [0.2, 0.25) is 0 Å². The molecule has 0 saturated carbocycles. The Morgan fingerprint density at radius 1 is 1.00 bits per heavy atom. The minimum atomic E-state index is -0.401. The molecule has 0 aromatic heterocycles. The molecule has 0 fully saturated rings. The normalized spacial score (nSPS) is 11.4. The predicted octanol–water partition coefficient (Wildman–Crippen LogP) is 3.61. The number of thioether (sulfide) groups is 3. The summed E-state index contributed by atoms with van der Waals surface area (Å²) in [7, 11) is 0. The Bertz CT molecular complexity index is 312. The maximum atomic E-state index is 12.3. The smallest absolute Gasteiger partial charge is 0.199 e. The van der Waals surface area contributed by atoms with Gasteiger partial charge in [-0.25, -0.2) is 0 Å². The van der Waals surface area contributed by atoms with Gasteiger partial charge >= 0.3 is 0 Å². The molecule has 4 heteroatoms. The Morgan fingerprint density at radius 2 is 1.47 bits per heavy atom. The summed E-state index contributed by atoms with van der Waals surface area (Å²) < 4.78 is -0.401. The van der Waals surface area contributed by atoms with Crippen molar-refractivity contribution in [2.24, 2.45) is 0 Å². The highest BCUT2D eigenvalue weighted by molar-refractivity contribution is 8.34. The lowest BCUT2D eigenvalue weighted by atomic mass is 10.3. The zero-order chi connectivity index (χ0) is 11.3. The van der Waals surface area contributed by atoms with Crippen LogP contribution >= 0.6 is 35.3 Å². The van der Waals surface area contributed by atoms with Crippen molar-refractivity contribution in [3.8, 4) is 0 Å². The highest BCUT2D eigenvalue weighted by Gasteiger charge is 2.36. The number of ketones is 1. The molecule has 1 nitrogen and oxygen atoms in total. The fraction of sp³-hybridized carbons (Fsp3) is 0.364. The number of hydrogen-bond acceptors (Lipinski definition) is 4. The van der Waals surface area contributed by atoms with Crippen LogP contribution in [0.3, 0.4) is 0 Å². The van der Waals surface area contributed by atoms with Crippen molar-refractivity contribution in [1.82, 2.24) is 0 Å². The highest BCUT2D eigenvalue weighted by Crippen LogP contribution is 2.45. The monoisotopic (exact) mass is 259 g/mol. The second kappa shape index (κ2) is 5.87. The molecule has 0 spiro atoms. The van der Waals surface area contributed by atoms with Gasteiger partial charge in [0.2, 0.25) is 0 Å². The van der Waals surface area contributed by atoms with Crippen molar-refractivity contribution >= 4 is 41.1 Å². The minimum absolute atomic E-state index is 0.190. The summed E-state index contributed by atoms with van der Waals surface area (Å²) in [6.07, 6.45) is 5.94. The minimum Gasteiger partial charge on any atom is -0.291 e. The third-order valence-corrected chi connectivity index (χ3v) is 7.29. The molecular formula is C11H14OS3. The van der Waals surface area contributed by atoms with Crippen molar-refractivity contribution < 1.29 is 4.79 Å². The topological polar surface area (TPSA) is 17.1 Å². The Balaban J connectivity index is 3.01. The van der Waals surface area contributed by atoms with Crippen LogP contribution in [0.25, 0.3) is 0 Å². The Kier molecular flexibility index (Phi) is 5.09. The van der Waals surface area contributed by atoms with Crippen molar-refractivity contribution in [1.29, 1.82) is 0 Å². The van der Waals surface area contributed by atoms with Crippen LogP contribution in [-0.4, -0.2) is 28.0 Å². The first-order valence-corrected chi connectivity index (χ1v) is 8.13. The summed E-state index contributed by atoms with van der Waals surface area (Å²) in [5.74, 6) is 0.190. The van der Waals surface area contributed by atoms with E-state index in [0.29, 0.717) is 0 Å². The van der Waals surface area contributed by atoms with Gasteiger partial charge in [-0.3, -0.25) is 4.79 Å².